The summed E-state index contributed by atoms with van der Waals surface area (Å²) in [5.74, 6) is 1.13. The molecule has 4 aromatic rings. The second kappa shape index (κ2) is 15.7. The smallest absolute Gasteiger partial charge is 0.165 e. The number of hydrogen-bond donors (Lipinski definition) is 1. The molecule has 1 aromatic carbocycles. The molecule has 0 amide bonds. The highest BCUT2D eigenvalue weighted by atomic mass is 28.3. The quantitative estimate of drug-likeness (QED) is 0.0721. The SMILES string of the molecule is COC1(CO)CCC(c2cc(N(COCC[Si](C)(C)C)COCC[Si](C)(C)C)n3ncc(-c4ccc(-c5ccccc5)nc4)c3n2)CC1. The number of rotatable bonds is 16. The zero-order valence-electron chi connectivity index (χ0n) is 30.0. The van der Waals surface area contributed by atoms with E-state index in [9.17, 15) is 5.11 Å². The van der Waals surface area contributed by atoms with Crippen LogP contribution < -0.4 is 4.90 Å². The molecule has 11 heteroatoms. The number of pyridine rings is 1. The van der Waals surface area contributed by atoms with Crippen molar-refractivity contribution < 1.29 is 19.3 Å². The Morgan fingerprint density at radius 3 is 2.06 bits per heavy atom. The van der Waals surface area contributed by atoms with E-state index in [0.717, 1.165) is 90.5 Å². The molecule has 9 nitrogen and oxygen atoms in total. The largest absolute Gasteiger partial charge is 0.393 e. The van der Waals surface area contributed by atoms with Gasteiger partial charge in [0.15, 0.2) is 5.65 Å². The molecule has 0 aliphatic heterocycles. The van der Waals surface area contributed by atoms with E-state index in [0.29, 0.717) is 13.5 Å². The highest BCUT2D eigenvalue weighted by molar-refractivity contribution is 6.76. The average molecular weight is 690 g/mol. The summed E-state index contributed by atoms with van der Waals surface area (Å²) < 4.78 is 20.4. The Bertz CT molecular complexity index is 1570. The first-order valence-corrected chi connectivity index (χ1v) is 24.8. The van der Waals surface area contributed by atoms with Crippen molar-refractivity contribution in [2.45, 2.75) is 88.6 Å². The molecule has 0 radical (unpaired) electrons. The molecule has 3 heterocycles. The fraction of sp³-hybridized carbons (Fsp3) is 0.541. The van der Waals surface area contributed by atoms with Gasteiger partial charge in [0.25, 0.3) is 0 Å². The summed E-state index contributed by atoms with van der Waals surface area (Å²) in [6, 6.07) is 18.7. The number of aromatic nitrogens is 4. The first-order chi connectivity index (χ1) is 22.9. The van der Waals surface area contributed by atoms with Crippen LogP contribution in [0.3, 0.4) is 0 Å². The Kier molecular flexibility index (Phi) is 11.9. The molecule has 1 saturated carbocycles. The highest BCUT2D eigenvalue weighted by Crippen LogP contribution is 2.40. The van der Waals surface area contributed by atoms with E-state index in [2.05, 4.69) is 74.5 Å². The van der Waals surface area contributed by atoms with Crippen molar-refractivity contribution in [2.24, 2.45) is 0 Å². The normalized spacial score (nSPS) is 18.8. The molecule has 0 spiro atoms. The molecule has 3 aromatic heterocycles. The lowest BCUT2D eigenvalue weighted by Gasteiger charge is -2.37. The number of fused-ring (bicyclic) bond motifs is 1. The number of aliphatic hydroxyl groups excluding tert-OH is 1. The van der Waals surface area contributed by atoms with Crippen LogP contribution in [0.2, 0.25) is 51.4 Å². The van der Waals surface area contributed by atoms with Gasteiger partial charge in [-0.25, -0.2) is 4.98 Å². The van der Waals surface area contributed by atoms with Crippen molar-refractivity contribution in [3.63, 3.8) is 0 Å². The van der Waals surface area contributed by atoms with Crippen LogP contribution >= 0.6 is 0 Å². The fourth-order valence-corrected chi connectivity index (χ4v) is 7.59. The van der Waals surface area contributed by atoms with Crippen molar-refractivity contribution in [3.8, 4) is 22.4 Å². The minimum Gasteiger partial charge on any atom is -0.393 e. The maximum Gasteiger partial charge on any atom is 0.165 e. The van der Waals surface area contributed by atoms with Gasteiger partial charge in [0, 0.05) is 77.0 Å². The van der Waals surface area contributed by atoms with Crippen LogP contribution in [0.1, 0.15) is 37.3 Å². The summed E-state index contributed by atoms with van der Waals surface area (Å²) in [6.45, 7) is 16.5. The molecular formula is C37H55N5O4Si2. The molecule has 1 N–H and O–H groups in total. The Balaban J connectivity index is 1.52. The Morgan fingerprint density at radius 1 is 0.875 bits per heavy atom. The summed E-state index contributed by atoms with van der Waals surface area (Å²) >= 11 is 0. The Labute approximate surface area is 288 Å². The molecule has 48 heavy (non-hydrogen) atoms. The topological polar surface area (TPSA) is 94.2 Å². The second-order valence-corrected chi connectivity index (χ2v) is 26.9. The maximum atomic E-state index is 10.1. The molecular weight excluding hydrogens is 635 g/mol. The number of ether oxygens (including phenoxy) is 3. The molecule has 0 atom stereocenters. The van der Waals surface area contributed by atoms with E-state index < -0.39 is 21.7 Å². The van der Waals surface area contributed by atoms with Gasteiger partial charge in [-0.05, 0) is 43.8 Å². The predicted octanol–water partition coefficient (Wildman–Crippen LogP) is 7.92. The van der Waals surface area contributed by atoms with Crippen LogP contribution in [0, 0.1) is 0 Å². The molecule has 1 fully saturated rings. The standard InChI is InChI=1S/C37H55N5O4Si2/c1-44-37(26-43)17-15-30(16-18-37)34-23-35(41(27-45-19-21-47(2,3)4)28-46-20-22-48(5,6)7)42-36(40-34)32(25-39-42)31-13-14-33(38-24-31)29-11-9-8-10-12-29/h8-14,23-25,30,43H,15-22,26-28H2,1-7H3. The molecule has 0 bridgehead atoms. The minimum atomic E-state index is -1.25. The van der Waals surface area contributed by atoms with Crippen LogP contribution in [0.25, 0.3) is 28.0 Å². The minimum absolute atomic E-state index is 0.0317. The lowest BCUT2D eigenvalue weighted by Crippen LogP contribution is -2.39. The predicted molar refractivity (Wildman–Crippen MR) is 200 cm³/mol. The second-order valence-electron chi connectivity index (χ2n) is 15.7. The van der Waals surface area contributed by atoms with Crippen molar-refractivity contribution in [1.29, 1.82) is 0 Å². The summed E-state index contributed by atoms with van der Waals surface area (Å²) in [4.78, 5) is 12.3. The van der Waals surface area contributed by atoms with Gasteiger partial charge in [0.1, 0.15) is 19.3 Å². The van der Waals surface area contributed by atoms with Crippen LogP contribution in [-0.2, 0) is 14.2 Å². The first kappa shape index (κ1) is 36.3. The summed E-state index contributed by atoms with van der Waals surface area (Å²) in [6.07, 6.45) is 7.15. The van der Waals surface area contributed by atoms with E-state index in [1.165, 1.54) is 0 Å². The summed E-state index contributed by atoms with van der Waals surface area (Å²) in [7, 11) is -0.787. The summed E-state index contributed by atoms with van der Waals surface area (Å²) in [5, 5.41) is 15.0. The van der Waals surface area contributed by atoms with Gasteiger partial charge in [-0.2, -0.15) is 9.61 Å². The average Bonchev–Trinajstić information content (AvgIpc) is 3.51. The Hall–Kier alpha value is -2.94. The monoisotopic (exact) mass is 689 g/mol. The number of hydrogen-bond acceptors (Lipinski definition) is 8. The third-order valence-corrected chi connectivity index (χ3v) is 12.9. The third kappa shape index (κ3) is 9.39. The van der Waals surface area contributed by atoms with Crippen LogP contribution in [0.4, 0.5) is 5.82 Å². The number of benzene rings is 1. The summed E-state index contributed by atoms with van der Waals surface area (Å²) in [5.41, 5.74) is 5.24. The molecule has 1 aliphatic rings. The first-order valence-electron chi connectivity index (χ1n) is 17.4. The van der Waals surface area contributed by atoms with Gasteiger partial charge in [0.2, 0.25) is 0 Å². The van der Waals surface area contributed by atoms with Gasteiger partial charge >= 0.3 is 0 Å². The lowest BCUT2D eigenvalue weighted by atomic mass is 9.77. The van der Waals surface area contributed by atoms with E-state index in [-0.39, 0.29) is 12.5 Å². The van der Waals surface area contributed by atoms with Crippen molar-refractivity contribution in [2.75, 3.05) is 45.3 Å². The fourth-order valence-electron chi connectivity index (χ4n) is 6.08. The Morgan fingerprint density at radius 2 is 1.52 bits per heavy atom. The molecule has 0 saturated heterocycles. The number of aliphatic hydroxyl groups is 1. The number of anilines is 1. The van der Waals surface area contributed by atoms with Crippen molar-refractivity contribution >= 4 is 27.6 Å². The van der Waals surface area contributed by atoms with Crippen LogP contribution in [-0.4, -0.2) is 86.8 Å². The van der Waals surface area contributed by atoms with Crippen molar-refractivity contribution in [1.82, 2.24) is 19.6 Å². The highest BCUT2D eigenvalue weighted by Gasteiger charge is 2.36. The van der Waals surface area contributed by atoms with E-state index >= 15 is 0 Å². The zero-order chi connectivity index (χ0) is 34.4. The lowest BCUT2D eigenvalue weighted by molar-refractivity contribution is -0.0784. The van der Waals surface area contributed by atoms with Crippen molar-refractivity contribution in [3.05, 3.63) is 66.6 Å². The maximum absolute atomic E-state index is 10.1. The van der Waals surface area contributed by atoms with Gasteiger partial charge in [0.05, 0.1) is 24.1 Å². The van der Waals surface area contributed by atoms with Gasteiger partial charge in [-0.15, -0.1) is 0 Å². The van der Waals surface area contributed by atoms with Crippen LogP contribution in [0.5, 0.6) is 0 Å². The number of methoxy groups -OCH3 is 1. The van der Waals surface area contributed by atoms with Crippen LogP contribution in [0.15, 0.2) is 60.9 Å². The zero-order valence-corrected chi connectivity index (χ0v) is 32.0. The molecule has 5 rings (SSSR count). The van der Waals surface area contributed by atoms with E-state index in [1.54, 1.807) is 7.11 Å². The van der Waals surface area contributed by atoms with E-state index in [4.69, 9.17) is 29.3 Å². The number of nitrogens with zero attached hydrogens (tertiary/aromatic N) is 5. The van der Waals surface area contributed by atoms with E-state index in [1.807, 2.05) is 35.1 Å². The molecule has 1 aliphatic carbocycles. The molecule has 260 valence electrons. The molecule has 0 unspecified atom stereocenters. The van der Waals surface area contributed by atoms with Gasteiger partial charge < -0.3 is 24.2 Å². The third-order valence-electron chi connectivity index (χ3n) is 9.46. The van der Waals surface area contributed by atoms with Gasteiger partial charge in [-0.1, -0.05) is 75.7 Å². The van der Waals surface area contributed by atoms with Gasteiger partial charge in [-0.3, -0.25) is 4.98 Å².